The van der Waals surface area contributed by atoms with Gasteiger partial charge in [-0.05, 0) is 67.9 Å². The van der Waals surface area contributed by atoms with Gasteiger partial charge in [0, 0.05) is 24.8 Å². The monoisotopic (exact) mass is 446 g/mol. The molecule has 1 aliphatic heterocycles. The van der Waals surface area contributed by atoms with Crippen molar-refractivity contribution in [2.75, 3.05) is 38.6 Å². The molecule has 4 rings (SSSR count). The first-order valence-electron chi connectivity index (χ1n) is 11.0. The van der Waals surface area contributed by atoms with Crippen LogP contribution in [-0.2, 0) is 0 Å². The number of nitrogens with one attached hydrogen (secondary N) is 1. The van der Waals surface area contributed by atoms with E-state index in [1.807, 2.05) is 43.4 Å². The van der Waals surface area contributed by atoms with Crippen molar-refractivity contribution in [1.29, 1.82) is 0 Å². The van der Waals surface area contributed by atoms with Crippen molar-refractivity contribution in [3.63, 3.8) is 0 Å². The Morgan fingerprint density at radius 1 is 1.06 bits per heavy atom. The highest BCUT2D eigenvalue weighted by atomic mass is 16.5. The second kappa shape index (κ2) is 11.8. The number of aldehydes is 1. The normalized spacial score (nSPS) is 12.7. The molecule has 0 atom stereocenters. The van der Waals surface area contributed by atoms with E-state index in [9.17, 15) is 14.7 Å². The van der Waals surface area contributed by atoms with Crippen molar-refractivity contribution in [2.45, 2.75) is 13.3 Å². The van der Waals surface area contributed by atoms with Crippen LogP contribution in [0.3, 0.4) is 0 Å². The van der Waals surface area contributed by atoms with Crippen molar-refractivity contribution in [3.8, 4) is 22.6 Å². The molecule has 0 amide bonds. The van der Waals surface area contributed by atoms with Gasteiger partial charge in [0.15, 0.2) is 12.1 Å². The molecule has 0 unspecified atom stereocenters. The molecule has 1 heterocycles. The molecule has 1 aliphatic rings. The highest BCUT2D eigenvalue weighted by Gasteiger charge is 2.13. The first kappa shape index (κ1) is 24.0. The molecule has 0 aromatic heterocycles. The summed E-state index contributed by atoms with van der Waals surface area (Å²) < 4.78 is 5.50. The molecular weight excluding hydrogens is 416 g/mol. The molecule has 0 bridgehead atoms. The van der Waals surface area contributed by atoms with E-state index in [0.717, 1.165) is 42.0 Å². The predicted molar refractivity (Wildman–Crippen MR) is 131 cm³/mol. The average molecular weight is 447 g/mol. The van der Waals surface area contributed by atoms with Gasteiger partial charge in [-0.2, -0.15) is 0 Å². The molecule has 0 radical (unpaired) electrons. The summed E-state index contributed by atoms with van der Waals surface area (Å²) in [6.07, 6.45) is 1.89. The van der Waals surface area contributed by atoms with Crippen LogP contribution in [0, 0.1) is 0 Å². The van der Waals surface area contributed by atoms with Crippen LogP contribution in [0.4, 0.5) is 5.69 Å². The second-order valence-corrected chi connectivity index (χ2v) is 7.81. The number of aromatic hydroxyl groups is 1. The summed E-state index contributed by atoms with van der Waals surface area (Å²) in [5.41, 5.74) is 4.13. The lowest BCUT2D eigenvalue weighted by molar-refractivity contribution is 0.101. The third kappa shape index (κ3) is 6.67. The van der Waals surface area contributed by atoms with E-state index in [1.54, 1.807) is 19.1 Å². The van der Waals surface area contributed by atoms with E-state index in [0.29, 0.717) is 18.6 Å². The van der Waals surface area contributed by atoms with Crippen LogP contribution in [0.1, 0.15) is 34.1 Å². The van der Waals surface area contributed by atoms with E-state index >= 15 is 0 Å². The van der Waals surface area contributed by atoms with E-state index in [-0.39, 0.29) is 17.1 Å². The predicted octanol–water partition coefficient (Wildman–Crippen LogP) is 4.89. The molecule has 3 aromatic carbocycles. The van der Waals surface area contributed by atoms with Crippen LogP contribution in [0.15, 0.2) is 66.7 Å². The van der Waals surface area contributed by atoms with Gasteiger partial charge in [-0.1, -0.05) is 36.4 Å². The maximum Gasteiger partial charge on any atom is 0.161 e. The number of carbonyl (C=O) groups excluding carboxylic acids is 2. The number of benzene rings is 3. The fraction of sp³-hybridized carbons (Fsp3) is 0.259. The van der Waals surface area contributed by atoms with Gasteiger partial charge < -0.3 is 15.2 Å². The second-order valence-electron chi connectivity index (χ2n) is 7.81. The van der Waals surface area contributed by atoms with Gasteiger partial charge in [0.05, 0.1) is 5.56 Å². The van der Waals surface area contributed by atoms with E-state index in [1.165, 1.54) is 12.5 Å². The van der Waals surface area contributed by atoms with Gasteiger partial charge in [0.1, 0.15) is 18.1 Å². The molecule has 2 N–H and O–H groups in total. The SMILES string of the molecule is CNc1cc(-c2ccccc2)ccc1C(C)=O.O=Cc1cc(OCCN2CCC2)ccc1O. The number of anilines is 1. The molecule has 1 fully saturated rings. The van der Waals surface area contributed by atoms with Crippen LogP contribution in [0.5, 0.6) is 11.5 Å². The lowest BCUT2D eigenvalue weighted by Crippen LogP contribution is -2.39. The van der Waals surface area contributed by atoms with Gasteiger partial charge in [0.2, 0.25) is 0 Å². The van der Waals surface area contributed by atoms with Crippen molar-refractivity contribution in [3.05, 3.63) is 77.9 Å². The Kier molecular flexibility index (Phi) is 8.61. The molecule has 33 heavy (non-hydrogen) atoms. The summed E-state index contributed by atoms with van der Waals surface area (Å²) >= 11 is 0. The quantitative estimate of drug-likeness (QED) is 0.379. The van der Waals surface area contributed by atoms with Gasteiger partial charge in [0.25, 0.3) is 0 Å². The number of hydrogen-bond acceptors (Lipinski definition) is 6. The zero-order valence-electron chi connectivity index (χ0n) is 19.1. The number of ether oxygens (including phenoxy) is 1. The van der Waals surface area contributed by atoms with E-state index in [2.05, 4.69) is 22.3 Å². The Bertz CT molecular complexity index is 1080. The van der Waals surface area contributed by atoms with Crippen molar-refractivity contribution in [2.24, 2.45) is 0 Å². The highest BCUT2D eigenvalue weighted by Crippen LogP contribution is 2.25. The van der Waals surface area contributed by atoms with Crippen molar-refractivity contribution in [1.82, 2.24) is 4.90 Å². The number of hydrogen-bond donors (Lipinski definition) is 2. The zero-order valence-corrected chi connectivity index (χ0v) is 19.1. The molecular formula is C27H30N2O4. The molecule has 172 valence electrons. The van der Waals surface area contributed by atoms with E-state index in [4.69, 9.17) is 4.74 Å². The summed E-state index contributed by atoms with van der Waals surface area (Å²) in [6.45, 7) is 5.41. The lowest BCUT2D eigenvalue weighted by Gasteiger charge is -2.30. The first-order valence-corrected chi connectivity index (χ1v) is 11.0. The third-order valence-electron chi connectivity index (χ3n) is 5.53. The van der Waals surface area contributed by atoms with Crippen LogP contribution < -0.4 is 10.1 Å². The Balaban J connectivity index is 0.000000186. The number of ketones is 1. The summed E-state index contributed by atoms with van der Waals surface area (Å²) in [5, 5.41) is 12.4. The summed E-state index contributed by atoms with van der Waals surface area (Å²) in [6, 6.07) is 20.7. The summed E-state index contributed by atoms with van der Waals surface area (Å²) in [5.74, 6) is 0.694. The number of carbonyl (C=O) groups is 2. The van der Waals surface area contributed by atoms with Crippen LogP contribution in [0.2, 0.25) is 0 Å². The minimum Gasteiger partial charge on any atom is -0.507 e. The lowest BCUT2D eigenvalue weighted by atomic mass is 10.0. The number of nitrogens with zero attached hydrogens (tertiary/aromatic N) is 1. The smallest absolute Gasteiger partial charge is 0.161 e. The largest absolute Gasteiger partial charge is 0.507 e. The first-order chi connectivity index (χ1) is 16.0. The average Bonchev–Trinajstić information content (AvgIpc) is 2.82. The Labute approximate surface area is 194 Å². The van der Waals surface area contributed by atoms with Crippen molar-refractivity contribution >= 4 is 17.8 Å². The zero-order chi connectivity index (χ0) is 23.6. The fourth-order valence-electron chi connectivity index (χ4n) is 3.48. The molecule has 1 saturated heterocycles. The van der Waals surface area contributed by atoms with Crippen LogP contribution in [-0.4, -0.2) is 55.4 Å². The third-order valence-corrected chi connectivity index (χ3v) is 5.53. The van der Waals surface area contributed by atoms with Crippen LogP contribution in [0.25, 0.3) is 11.1 Å². The maximum absolute atomic E-state index is 11.4. The number of likely N-dealkylation sites (tertiary alicyclic amines) is 1. The minimum atomic E-state index is -0.00917. The number of rotatable bonds is 8. The van der Waals surface area contributed by atoms with Gasteiger partial charge in [-0.15, -0.1) is 0 Å². The topological polar surface area (TPSA) is 78.9 Å². The molecule has 3 aromatic rings. The minimum absolute atomic E-state index is 0.00917. The van der Waals surface area contributed by atoms with Gasteiger partial charge >= 0.3 is 0 Å². The van der Waals surface area contributed by atoms with Crippen LogP contribution >= 0.6 is 0 Å². The molecule has 0 spiro atoms. The summed E-state index contributed by atoms with van der Waals surface area (Å²) in [4.78, 5) is 24.3. The molecule has 6 heteroatoms. The number of phenolic OH excluding ortho intramolecular Hbond substituents is 1. The summed E-state index contributed by atoms with van der Waals surface area (Å²) in [7, 11) is 1.83. The molecule has 0 aliphatic carbocycles. The highest BCUT2D eigenvalue weighted by molar-refractivity contribution is 6.00. The number of phenols is 1. The Morgan fingerprint density at radius 2 is 1.82 bits per heavy atom. The molecule has 6 nitrogen and oxygen atoms in total. The van der Waals surface area contributed by atoms with Crippen molar-refractivity contribution < 1.29 is 19.4 Å². The Hall–Kier alpha value is -3.64. The Morgan fingerprint density at radius 3 is 2.42 bits per heavy atom. The fourth-order valence-corrected chi connectivity index (χ4v) is 3.48. The molecule has 0 saturated carbocycles. The maximum atomic E-state index is 11.4. The van der Waals surface area contributed by atoms with Gasteiger partial charge in [-0.3, -0.25) is 14.5 Å². The number of Topliss-reactive ketones (excluding diaryl/α,β-unsaturated/α-hetero) is 1. The van der Waals surface area contributed by atoms with E-state index < -0.39 is 0 Å². The standard InChI is InChI=1S/C15H15NO.C12H15NO3/c1-11(17)14-9-8-13(10-15(14)16-2)12-6-4-3-5-7-12;14-9-10-8-11(2-3-12(10)15)16-7-6-13-4-1-5-13/h3-10,16H,1-2H3;2-3,8-9,15H,1,4-7H2. The van der Waals surface area contributed by atoms with Gasteiger partial charge in [-0.25, -0.2) is 0 Å².